The van der Waals surface area contributed by atoms with Crippen LogP contribution in [0, 0.1) is 0 Å². The summed E-state index contributed by atoms with van der Waals surface area (Å²) in [6.45, 7) is 4.43. The van der Waals surface area contributed by atoms with E-state index in [0.29, 0.717) is 11.6 Å². The fourth-order valence-electron chi connectivity index (χ4n) is 1.83. The molecule has 0 aliphatic heterocycles. The van der Waals surface area contributed by atoms with Gasteiger partial charge in [-0.1, -0.05) is 18.5 Å². The molecule has 0 radical (unpaired) electrons. The molecule has 102 valence electrons. The number of nitrogens with one attached hydrogen (secondary N) is 1. The summed E-state index contributed by atoms with van der Waals surface area (Å²) in [5.74, 6) is 1.65. The van der Waals surface area contributed by atoms with E-state index in [1.165, 1.54) is 0 Å². The van der Waals surface area contributed by atoms with E-state index >= 15 is 0 Å². The summed E-state index contributed by atoms with van der Waals surface area (Å²) >= 11 is 6.28. The van der Waals surface area contributed by atoms with E-state index in [4.69, 9.17) is 16.0 Å². The molecule has 1 N–H and O–H groups in total. The van der Waals surface area contributed by atoms with E-state index in [0.717, 1.165) is 30.2 Å². The Kier molecular flexibility index (Phi) is 4.82. The van der Waals surface area contributed by atoms with E-state index in [9.17, 15) is 0 Å². The van der Waals surface area contributed by atoms with Gasteiger partial charge < -0.3 is 14.6 Å². The molecule has 5 heteroatoms. The Morgan fingerprint density at radius 2 is 2.32 bits per heavy atom. The number of hydrogen-bond acceptors (Lipinski definition) is 4. The summed E-state index contributed by atoms with van der Waals surface area (Å²) in [7, 11) is 1.95. The van der Waals surface area contributed by atoms with E-state index in [-0.39, 0.29) is 0 Å². The van der Waals surface area contributed by atoms with Gasteiger partial charge in [-0.15, -0.1) is 0 Å². The molecule has 0 saturated heterocycles. The number of rotatable bonds is 6. The second-order valence-electron chi connectivity index (χ2n) is 4.36. The molecule has 0 atom stereocenters. The van der Waals surface area contributed by atoms with Crippen LogP contribution in [-0.4, -0.2) is 18.6 Å². The van der Waals surface area contributed by atoms with Crippen molar-refractivity contribution in [2.45, 2.75) is 20.0 Å². The van der Waals surface area contributed by atoms with Gasteiger partial charge in [-0.2, -0.15) is 0 Å². The summed E-state index contributed by atoms with van der Waals surface area (Å²) < 4.78 is 5.32. The molecule has 2 heterocycles. The third kappa shape index (κ3) is 3.72. The van der Waals surface area contributed by atoms with Crippen molar-refractivity contribution in [3.8, 4) is 0 Å². The topological polar surface area (TPSA) is 41.3 Å². The highest BCUT2D eigenvalue weighted by Crippen LogP contribution is 2.24. The molecule has 2 aromatic rings. The average Bonchev–Trinajstić information content (AvgIpc) is 2.89. The van der Waals surface area contributed by atoms with Gasteiger partial charge in [-0.05, 0) is 30.3 Å². The Morgan fingerprint density at radius 1 is 1.47 bits per heavy atom. The summed E-state index contributed by atoms with van der Waals surface area (Å²) in [5, 5.41) is 3.91. The number of furan rings is 1. The van der Waals surface area contributed by atoms with Crippen LogP contribution < -0.4 is 10.2 Å². The van der Waals surface area contributed by atoms with Crippen LogP contribution in [0.25, 0.3) is 0 Å². The number of anilines is 1. The zero-order chi connectivity index (χ0) is 13.7. The number of nitrogens with zero attached hydrogens (tertiary/aromatic N) is 2. The molecule has 19 heavy (non-hydrogen) atoms. The van der Waals surface area contributed by atoms with Crippen molar-refractivity contribution in [2.24, 2.45) is 0 Å². The second-order valence-corrected chi connectivity index (χ2v) is 4.77. The highest BCUT2D eigenvalue weighted by Gasteiger charge is 2.10. The molecule has 4 nitrogen and oxygen atoms in total. The van der Waals surface area contributed by atoms with Gasteiger partial charge in [0.05, 0.1) is 17.8 Å². The smallest absolute Gasteiger partial charge is 0.147 e. The number of pyridine rings is 1. The lowest BCUT2D eigenvalue weighted by molar-refractivity contribution is 0.507. The fraction of sp³-hybridized carbons (Fsp3) is 0.357. The van der Waals surface area contributed by atoms with Gasteiger partial charge >= 0.3 is 0 Å². The highest BCUT2D eigenvalue weighted by molar-refractivity contribution is 6.33. The van der Waals surface area contributed by atoms with Crippen molar-refractivity contribution in [3.05, 3.63) is 47.0 Å². The summed E-state index contributed by atoms with van der Waals surface area (Å²) in [4.78, 5) is 6.39. The number of hydrogen-bond donors (Lipinski definition) is 1. The van der Waals surface area contributed by atoms with Crippen LogP contribution in [0.5, 0.6) is 0 Å². The molecular weight excluding hydrogens is 262 g/mol. The van der Waals surface area contributed by atoms with Crippen LogP contribution in [0.2, 0.25) is 5.02 Å². The minimum absolute atomic E-state index is 0.645. The van der Waals surface area contributed by atoms with Crippen LogP contribution in [0.3, 0.4) is 0 Å². The lowest BCUT2D eigenvalue weighted by Gasteiger charge is -2.18. The predicted octanol–water partition coefficient (Wildman–Crippen LogP) is 3.07. The molecule has 0 aliphatic carbocycles. The largest absolute Gasteiger partial charge is 0.467 e. The van der Waals surface area contributed by atoms with Crippen molar-refractivity contribution in [2.75, 3.05) is 18.5 Å². The minimum Gasteiger partial charge on any atom is -0.467 e. The molecule has 0 aliphatic rings. The molecule has 0 aromatic carbocycles. The van der Waals surface area contributed by atoms with Gasteiger partial charge in [0.15, 0.2) is 0 Å². The molecule has 2 rings (SSSR count). The van der Waals surface area contributed by atoms with Crippen LogP contribution in [0.4, 0.5) is 5.82 Å². The summed E-state index contributed by atoms with van der Waals surface area (Å²) in [6, 6.07) is 5.76. The molecule has 0 bridgehead atoms. The van der Waals surface area contributed by atoms with Crippen molar-refractivity contribution < 1.29 is 4.42 Å². The summed E-state index contributed by atoms with van der Waals surface area (Å²) in [6.07, 6.45) is 3.51. The van der Waals surface area contributed by atoms with Gasteiger partial charge in [-0.3, -0.25) is 0 Å². The maximum Gasteiger partial charge on any atom is 0.147 e. The van der Waals surface area contributed by atoms with Crippen LogP contribution in [0.1, 0.15) is 18.2 Å². The normalized spacial score (nSPS) is 10.7. The Morgan fingerprint density at radius 3 is 2.95 bits per heavy atom. The molecule has 0 amide bonds. The Balaban J connectivity index is 2.07. The van der Waals surface area contributed by atoms with Crippen molar-refractivity contribution in [1.29, 1.82) is 0 Å². The van der Waals surface area contributed by atoms with Crippen LogP contribution in [-0.2, 0) is 13.1 Å². The third-order valence-electron chi connectivity index (χ3n) is 2.79. The molecule has 2 aromatic heterocycles. The first-order valence-electron chi connectivity index (χ1n) is 6.29. The molecule has 0 unspecified atom stereocenters. The molecular formula is C14H18ClN3O. The van der Waals surface area contributed by atoms with E-state index in [1.807, 2.05) is 36.3 Å². The fourth-order valence-corrected chi connectivity index (χ4v) is 2.16. The first kappa shape index (κ1) is 13.9. The maximum absolute atomic E-state index is 6.28. The maximum atomic E-state index is 6.28. The standard InChI is InChI=1S/C14H18ClN3O/c1-3-16-8-11-7-13(15)14(17-9-11)18(2)10-12-5-4-6-19-12/h4-7,9,16H,3,8,10H2,1-2H3. The highest BCUT2D eigenvalue weighted by atomic mass is 35.5. The van der Waals surface area contributed by atoms with E-state index in [2.05, 4.69) is 17.2 Å². The van der Waals surface area contributed by atoms with Gasteiger partial charge in [0.25, 0.3) is 0 Å². The van der Waals surface area contributed by atoms with E-state index < -0.39 is 0 Å². The number of aromatic nitrogens is 1. The van der Waals surface area contributed by atoms with Crippen molar-refractivity contribution >= 4 is 17.4 Å². The summed E-state index contributed by atoms with van der Waals surface area (Å²) in [5.41, 5.74) is 1.09. The zero-order valence-corrected chi connectivity index (χ0v) is 11.9. The predicted molar refractivity (Wildman–Crippen MR) is 77.4 cm³/mol. The molecule has 0 fully saturated rings. The van der Waals surface area contributed by atoms with Gasteiger partial charge in [-0.25, -0.2) is 4.98 Å². The molecule has 0 spiro atoms. The minimum atomic E-state index is 0.645. The van der Waals surface area contributed by atoms with Crippen molar-refractivity contribution in [1.82, 2.24) is 10.3 Å². The Bertz CT molecular complexity index is 513. The second kappa shape index (κ2) is 6.59. The first-order chi connectivity index (χ1) is 9.20. The lowest BCUT2D eigenvalue weighted by Crippen LogP contribution is -2.18. The van der Waals surface area contributed by atoms with Gasteiger partial charge in [0, 0.05) is 19.8 Å². The van der Waals surface area contributed by atoms with E-state index in [1.54, 1.807) is 6.26 Å². The third-order valence-corrected chi connectivity index (χ3v) is 3.07. The number of halogens is 1. The van der Waals surface area contributed by atoms with Crippen molar-refractivity contribution in [3.63, 3.8) is 0 Å². The quantitative estimate of drug-likeness (QED) is 0.882. The zero-order valence-electron chi connectivity index (χ0n) is 11.2. The lowest BCUT2D eigenvalue weighted by atomic mass is 10.2. The van der Waals surface area contributed by atoms with Crippen LogP contribution in [0.15, 0.2) is 35.1 Å². The SMILES string of the molecule is CCNCc1cnc(N(C)Cc2ccco2)c(Cl)c1. The monoisotopic (exact) mass is 279 g/mol. The van der Waals surface area contributed by atoms with Gasteiger partial charge in [0.1, 0.15) is 11.6 Å². The first-order valence-corrected chi connectivity index (χ1v) is 6.67. The van der Waals surface area contributed by atoms with Gasteiger partial charge in [0.2, 0.25) is 0 Å². The average molecular weight is 280 g/mol. The Hall–Kier alpha value is -1.52. The Labute approximate surface area is 118 Å². The van der Waals surface area contributed by atoms with Crippen LogP contribution >= 0.6 is 11.6 Å². The molecule has 0 saturated carbocycles.